The molecule has 1 aromatic carbocycles. The van der Waals surface area contributed by atoms with Crippen molar-refractivity contribution in [3.05, 3.63) is 53.9 Å². The van der Waals surface area contributed by atoms with Crippen LogP contribution in [0, 0.1) is 0 Å². The zero-order valence-electron chi connectivity index (χ0n) is 26.7. The van der Waals surface area contributed by atoms with E-state index in [0.717, 1.165) is 32.2 Å². The summed E-state index contributed by atoms with van der Waals surface area (Å²) < 4.78 is 13.8. The molecule has 0 N–H and O–H groups in total. The van der Waals surface area contributed by atoms with Crippen LogP contribution in [0.1, 0.15) is 127 Å². The van der Waals surface area contributed by atoms with Crippen LogP contribution in [0.3, 0.4) is 0 Å². The lowest BCUT2D eigenvalue weighted by atomic mass is 10.1. The Morgan fingerprint density at radius 2 is 1.43 bits per heavy atom. The van der Waals surface area contributed by atoms with Gasteiger partial charge in [-0.15, -0.1) is 0 Å². The predicted molar refractivity (Wildman–Crippen MR) is 167 cm³/mol. The third kappa shape index (κ3) is 14.3. The molecular formula is C35H55IN2O4. The second-order valence-electron chi connectivity index (χ2n) is 11.1. The topological polar surface area (TPSA) is 59.7 Å². The lowest BCUT2D eigenvalue weighted by molar-refractivity contribution is -0.704. The Hall–Kier alpha value is -2.16. The van der Waals surface area contributed by atoms with Crippen molar-refractivity contribution in [2.75, 3.05) is 20.3 Å². The molecule has 7 heteroatoms. The summed E-state index contributed by atoms with van der Waals surface area (Å²) in [6, 6.07) is 11.3. The normalized spacial score (nSPS) is 10.7. The molecule has 0 unspecified atom stereocenters. The van der Waals surface area contributed by atoms with E-state index in [0.29, 0.717) is 36.6 Å². The predicted octanol–water partition coefficient (Wildman–Crippen LogP) is 5.10. The van der Waals surface area contributed by atoms with Crippen molar-refractivity contribution >= 4 is 11.8 Å². The van der Waals surface area contributed by atoms with Crippen LogP contribution in [0.2, 0.25) is 0 Å². The molecule has 2 rings (SSSR count). The quantitative estimate of drug-likeness (QED) is 0.0979. The zero-order chi connectivity index (χ0) is 29.7. The van der Waals surface area contributed by atoms with Crippen molar-refractivity contribution in [1.82, 2.24) is 4.90 Å². The number of hydrogen-bond donors (Lipinski definition) is 0. The maximum Gasteiger partial charge on any atom is 0.260 e. The molecule has 0 spiro atoms. The number of nitrogens with zero attached hydrogens (tertiary/aromatic N) is 2. The minimum absolute atomic E-state index is 0. The number of rotatable bonds is 22. The molecule has 2 aromatic rings. The number of unbranched alkanes of at least 4 members (excludes halogenated alkanes) is 11. The van der Waals surface area contributed by atoms with Crippen molar-refractivity contribution < 1.29 is 47.6 Å². The van der Waals surface area contributed by atoms with Crippen molar-refractivity contribution in [2.45, 2.75) is 124 Å². The van der Waals surface area contributed by atoms with Gasteiger partial charge in [-0.1, -0.05) is 90.5 Å². The van der Waals surface area contributed by atoms with E-state index in [1.54, 1.807) is 25.3 Å². The summed E-state index contributed by atoms with van der Waals surface area (Å²) in [7, 11) is 1.60. The van der Waals surface area contributed by atoms with Gasteiger partial charge in [-0.3, -0.25) is 14.5 Å². The number of amides is 2. The summed E-state index contributed by atoms with van der Waals surface area (Å²) >= 11 is 0. The highest BCUT2D eigenvalue weighted by Crippen LogP contribution is 2.29. The number of benzene rings is 1. The smallest absolute Gasteiger partial charge is 0.260 e. The van der Waals surface area contributed by atoms with Crippen molar-refractivity contribution in [1.29, 1.82) is 0 Å². The highest BCUT2D eigenvalue weighted by Gasteiger charge is 2.22. The number of pyridine rings is 1. The average molecular weight is 695 g/mol. The fourth-order valence-corrected chi connectivity index (χ4v) is 5.22. The van der Waals surface area contributed by atoms with Crippen LogP contribution >= 0.6 is 0 Å². The molecule has 236 valence electrons. The molecule has 0 aliphatic rings. The zero-order valence-corrected chi connectivity index (χ0v) is 28.8. The highest BCUT2D eigenvalue weighted by molar-refractivity contribution is 6.04. The Morgan fingerprint density at radius 1 is 0.786 bits per heavy atom. The molecule has 0 radical (unpaired) electrons. The van der Waals surface area contributed by atoms with Gasteiger partial charge in [-0.2, -0.15) is 0 Å². The Labute approximate surface area is 272 Å². The number of carbonyl (C=O) groups excluding carboxylic acids is 2. The highest BCUT2D eigenvalue weighted by atomic mass is 127. The first-order valence-electron chi connectivity index (χ1n) is 16.1. The fraction of sp³-hybridized carbons (Fsp3) is 0.629. The third-order valence-electron chi connectivity index (χ3n) is 7.61. The SMILES string of the molecule is CCCCCCCCCCCCCCOc1cc(C(=O)N(CCCc2cccc[n+]2CCC)C(C)=O)ccc1OC.[I-]. The molecule has 0 bridgehead atoms. The van der Waals surface area contributed by atoms with Crippen LogP contribution in [-0.4, -0.2) is 37.0 Å². The number of carbonyl (C=O) groups is 2. The summed E-state index contributed by atoms with van der Waals surface area (Å²) in [5.74, 6) is 0.596. The summed E-state index contributed by atoms with van der Waals surface area (Å²) in [6.45, 7) is 7.78. The molecular weight excluding hydrogens is 639 g/mol. The van der Waals surface area contributed by atoms with Crippen LogP contribution in [0.25, 0.3) is 0 Å². The Kier molecular flexibility index (Phi) is 21.0. The van der Waals surface area contributed by atoms with Crippen molar-refractivity contribution in [3.63, 3.8) is 0 Å². The number of halogens is 1. The Morgan fingerprint density at radius 3 is 2.02 bits per heavy atom. The van der Waals surface area contributed by atoms with E-state index in [1.807, 2.05) is 12.1 Å². The minimum Gasteiger partial charge on any atom is -1.00 e. The molecule has 0 fully saturated rings. The Bertz CT molecular complexity index is 1030. The van der Waals surface area contributed by atoms with Crippen LogP contribution in [-0.2, 0) is 17.8 Å². The van der Waals surface area contributed by atoms with E-state index >= 15 is 0 Å². The van der Waals surface area contributed by atoms with Gasteiger partial charge in [0.25, 0.3) is 5.91 Å². The molecule has 2 amide bonds. The third-order valence-corrected chi connectivity index (χ3v) is 7.61. The molecule has 6 nitrogen and oxygen atoms in total. The van der Waals surface area contributed by atoms with E-state index < -0.39 is 0 Å². The van der Waals surface area contributed by atoms with Crippen molar-refractivity contribution in [3.8, 4) is 11.5 Å². The number of methoxy groups -OCH3 is 1. The van der Waals surface area contributed by atoms with Crippen LogP contribution in [0.5, 0.6) is 11.5 Å². The lowest BCUT2D eigenvalue weighted by Gasteiger charge is -2.20. The number of aromatic nitrogens is 1. The van der Waals surface area contributed by atoms with Gasteiger partial charge in [0.05, 0.1) is 13.7 Å². The molecule has 42 heavy (non-hydrogen) atoms. The van der Waals surface area contributed by atoms with E-state index in [9.17, 15) is 9.59 Å². The molecule has 1 heterocycles. The maximum atomic E-state index is 13.3. The minimum atomic E-state index is -0.301. The van der Waals surface area contributed by atoms with Gasteiger partial charge in [-0.05, 0) is 31.0 Å². The molecule has 0 saturated heterocycles. The van der Waals surface area contributed by atoms with Crippen LogP contribution < -0.4 is 38.0 Å². The van der Waals surface area contributed by atoms with Crippen LogP contribution in [0.4, 0.5) is 0 Å². The second-order valence-corrected chi connectivity index (χ2v) is 11.1. The van der Waals surface area contributed by atoms with Gasteiger partial charge in [0.15, 0.2) is 23.4 Å². The Balaban J connectivity index is 0.00000882. The van der Waals surface area contributed by atoms with Gasteiger partial charge < -0.3 is 33.5 Å². The summed E-state index contributed by atoms with van der Waals surface area (Å²) in [6.07, 6.45) is 20.2. The fourth-order valence-electron chi connectivity index (χ4n) is 5.22. The molecule has 0 saturated carbocycles. The first-order valence-corrected chi connectivity index (χ1v) is 16.1. The van der Waals surface area contributed by atoms with Crippen LogP contribution in [0.15, 0.2) is 42.6 Å². The largest absolute Gasteiger partial charge is 1.00 e. The molecule has 1 aromatic heterocycles. The monoisotopic (exact) mass is 694 g/mol. The van der Waals surface area contributed by atoms with Gasteiger partial charge >= 0.3 is 0 Å². The number of aryl methyl sites for hydroxylation is 2. The first kappa shape index (κ1) is 37.9. The van der Waals surface area contributed by atoms with E-state index in [-0.39, 0.29) is 35.8 Å². The summed E-state index contributed by atoms with van der Waals surface area (Å²) in [5.41, 5.74) is 1.65. The first-order chi connectivity index (χ1) is 20.0. The van der Waals surface area contributed by atoms with Crippen molar-refractivity contribution in [2.24, 2.45) is 0 Å². The second kappa shape index (κ2) is 23.3. The standard InChI is InChI=1S/C35H55N2O4.HI/c1-5-7-8-9-10-11-12-13-14-15-16-19-28-41-34-29-31(23-24-33(34)40-4)35(39)37(30(3)38)27-20-22-32-21-17-18-26-36(32)25-6-2;/h17-18,21,23-24,26,29H,5-16,19-20,22,25,27-28H2,1-4H3;1H/q+1;/p-1. The van der Waals surface area contributed by atoms with Gasteiger partial charge in [0, 0.05) is 44.0 Å². The maximum absolute atomic E-state index is 13.3. The summed E-state index contributed by atoms with van der Waals surface area (Å²) in [4.78, 5) is 27.1. The average Bonchev–Trinajstić information content (AvgIpc) is 2.98. The van der Waals surface area contributed by atoms with E-state index in [1.165, 1.54) is 81.7 Å². The molecule has 0 aliphatic heterocycles. The van der Waals surface area contributed by atoms with E-state index in [2.05, 4.69) is 30.7 Å². The van der Waals surface area contributed by atoms with Gasteiger partial charge in [-0.25, -0.2) is 4.57 Å². The summed E-state index contributed by atoms with van der Waals surface area (Å²) in [5, 5.41) is 0. The molecule has 0 atom stereocenters. The number of imide groups is 1. The molecule has 0 aliphatic carbocycles. The van der Waals surface area contributed by atoms with E-state index in [4.69, 9.17) is 9.47 Å². The lowest BCUT2D eigenvalue weighted by Crippen LogP contribution is -3.00. The van der Waals surface area contributed by atoms with Gasteiger partial charge in [0.2, 0.25) is 5.91 Å². The number of hydrogen-bond acceptors (Lipinski definition) is 4. The number of ether oxygens (including phenoxy) is 2. The van der Waals surface area contributed by atoms with Gasteiger partial charge in [0.1, 0.15) is 6.54 Å².